The fraction of sp³-hybridized carbons (Fsp3) is 0.529. The van der Waals surface area contributed by atoms with E-state index < -0.39 is 6.03 Å². The summed E-state index contributed by atoms with van der Waals surface area (Å²) in [5.41, 5.74) is 0. The predicted molar refractivity (Wildman–Crippen MR) is 96.9 cm³/mol. The number of aromatic nitrogens is 3. The van der Waals surface area contributed by atoms with Crippen molar-refractivity contribution in [2.75, 3.05) is 12.3 Å². The summed E-state index contributed by atoms with van der Waals surface area (Å²) in [4.78, 5) is 23.6. The molecule has 1 aliphatic carbocycles. The molecule has 0 bridgehead atoms. The number of rotatable bonds is 8. The number of thioether (sulfide) groups is 1. The number of carbonyl (C=O) groups excluding carboxylic acids is 2. The first-order valence-electron chi connectivity index (χ1n) is 8.69. The second kappa shape index (κ2) is 8.39. The van der Waals surface area contributed by atoms with Crippen molar-refractivity contribution < 1.29 is 14.0 Å². The maximum atomic E-state index is 12.0. The SMILES string of the molecule is CC(C)CNC(=O)NC(=O)CSc1nnc(C2CC2)n1Cc1ccco1. The van der Waals surface area contributed by atoms with Crippen LogP contribution in [-0.2, 0) is 11.3 Å². The summed E-state index contributed by atoms with van der Waals surface area (Å²) >= 11 is 1.27. The van der Waals surface area contributed by atoms with E-state index in [0.717, 1.165) is 24.4 Å². The van der Waals surface area contributed by atoms with Gasteiger partial charge < -0.3 is 9.73 Å². The second-order valence-electron chi connectivity index (χ2n) is 6.72. The van der Waals surface area contributed by atoms with Crippen LogP contribution >= 0.6 is 11.8 Å². The summed E-state index contributed by atoms with van der Waals surface area (Å²) in [6, 6.07) is 3.27. The number of nitrogens with zero attached hydrogens (tertiary/aromatic N) is 3. The highest BCUT2D eigenvalue weighted by molar-refractivity contribution is 7.99. The van der Waals surface area contributed by atoms with Crippen LogP contribution in [-0.4, -0.2) is 39.0 Å². The smallest absolute Gasteiger partial charge is 0.321 e. The van der Waals surface area contributed by atoms with Crippen molar-refractivity contribution in [2.45, 2.75) is 44.3 Å². The van der Waals surface area contributed by atoms with Gasteiger partial charge in [0.25, 0.3) is 0 Å². The average Bonchev–Trinajstić information content (AvgIpc) is 3.16. The Balaban J connectivity index is 1.57. The Morgan fingerprint density at radius 3 is 2.85 bits per heavy atom. The molecule has 2 N–H and O–H groups in total. The first kappa shape index (κ1) is 18.5. The van der Waals surface area contributed by atoms with Gasteiger partial charge >= 0.3 is 6.03 Å². The van der Waals surface area contributed by atoms with Gasteiger partial charge in [0.1, 0.15) is 11.6 Å². The minimum absolute atomic E-state index is 0.0933. The van der Waals surface area contributed by atoms with Crippen molar-refractivity contribution in [1.29, 1.82) is 0 Å². The monoisotopic (exact) mass is 377 g/mol. The van der Waals surface area contributed by atoms with Crippen LogP contribution in [0.4, 0.5) is 4.79 Å². The zero-order valence-corrected chi connectivity index (χ0v) is 15.7. The highest BCUT2D eigenvalue weighted by atomic mass is 32.2. The number of nitrogens with one attached hydrogen (secondary N) is 2. The van der Waals surface area contributed by atoms with Crippen LogP contribution in [0.25, 0.3) is 0 Å². The van der Waals surface area contributed by atoms with Gasteiger partial charge in [0.15, 0.2) is 5.16 Å². The number of furan rings is 1. The predicted octanol–water partition coefficient (Wildman–Crippen LogP) is 2.37. The van der Waals surface area contributed by atoms with Crippen molar-refractivity contribution in [3.8, 4) is 0 Å². The third kappa shape index (κ3) is 5.10. The molecule has 8 nitrogen and oxygen atoms in total. The van der Waals surface area contributed by atoms with E-state index in [4.69, 9.17) is 4.42 Å². The standard InChI is InChI=1S/C17H23N5O3S/c1-11(2)8-18-16(24)19-14(23)10-26-17-21-20-15(12-5-6-12)22(17)9-13-4-3-7-25-13/h3-4,7,11-12H,5-6,8-10H2,1-2H3,(H2,18,19,23,24). The van der Waals surface area contributed by atoms with E-state index in [0.29, 0.717) is 30.1 Å². The number of imide groups is 1. The maximum Gasteiger partial charge on any atom is 0.321 e. The number of carbonyl (C=O) groups is 2. The molecule has 0 aliphatic heterocycles. The van der Waals surface area contributed by atoms with E-state index in [1.807, 2.05) is 30.5 Å². The highest BCUT2D eigenvalue weighted by Gasteiger charge is 2.30. The summed E-state index contributed by atoms with van der Waals surface area (Å²) in [5, 5.41) is 14.1. The second-order valence-corrected chi connectivity index (χ2v) is 7.66. The highest BCUT2D eigenvalue weighted by Crippen LogP contribution is 2.40. The lowest BCUT2D eigenvalue weighted by Gasteiger charge is -2.09. The molecule has 1 saturated carbocycles. The molecule has 0 radical (unpaired) electrons. The molecule has 140 valence electrons. The van der Waals surface area contributed by atoms with Gasteiger partial charge in [-0.05, 0) is 30.9 Å². The largest absolute Gasteiger partial charge is 0.467 e. The summed E-state index contributed by atoms with van der Waals surface area (Å²) < 4.78 is 7.42. The van der Waals surface area contributed by atoms with Crippen molar-refractivity contribution in [3.63, 3.8) is 0 Å². The van der Waals surface area contributed by atoms with Gasteiger partial charge in [0.2, 0.25) is 5.91 Å². The maximum absolute atomic E-state index is 12.0. The fourth-order valence-electron chi connectivity index (χ4n) is 2.39. The number of urea groups is 1. The Hall–Kier alpha value is -2.29. The van der Waals surface area contributed by atoms with E-state index in [9.17, 15) is 9.59 Å². The minimum Gasteiger partial charge on any atom is -0.467 e. The van der Waals surface area contributed by atoms with Crippen LogP contribution in [0.15, 0.2) is 28.0 Å². The molecule has 0 saturated heterocycles. The Bertz CT molecular complexity index is 753. The molecule has 2 aromatic rings. The summed E-state index contributed by atoms with van der Waals surface area (Å²) in [7, 11) is 0. The van der Waals surface area contributed by atoms with E-state index >= 15 is 0 Å². The first-order valence-corrected chi connectivity index (χ1v) is 9.67. The quantitative estimate of drug-likeness (QED) is 0.685. The number of amides is 3. The molecule has 0 atom stereocenters. The lowest BCUT2D eigenvalue weighted by atomic mass is 10.2. The molecule has 1 aliphatic rings. The third-order valence-electron chi connectivity index (χ3n) is 3.84. The molecule has 9 heteroatoms. The Kier molecular flexibility index (Phi) is 5.97. The van der Waals surface area contributed by atoms with Crippen LogP contribution in [0.2, 0.25) is 0 Å². The van der Waals surface area contributed by atoms with Gasteiger partial charge in [-0.3, -0.25) is 14.7 Å². The van der Waals surface area contributed by atoms with Crippen LogP contribution in [0.3, 0.4) is 0 Å². The van der Waals surface area contributed by atoms with Crippen LogP contribution in [0.1, 0.15) is 44.2 Å². The van der Waals surface area contributed by atoms with E-state index in [-0.39, 0.29) is 11.7 Å². The summed E-state index contributed by atoms with van der Waals surface area (Å²) in [6.45, 7) is 5.03. The molecule has 2 heterocycles. The van der Waals surface area contributed by atoms with Gasteiger partial charge in [-0.15, -0.1) is 10.2 Å². The van der Waals surface area contributed by atoms with Gasteiger partial charge in [0, 0.05) is 12.5 Å². The zero-order valence-electron chi connectivity index (χ0n) is 14.9. The first-order chi connectivity index (χ1) is 12.5. The lowest BCUT2D eigenvalue weighted by molar-refractivity contribution is -0.117. The molecule has 3 amide bonds. The Morgan fingerprint density at radius 1 is 1.38 bits per heavy atom. The third-order valence-corrected chi connectivity index (χ3v) is 4.80. The van der Waals surface area contributed by atoms with Gasteiger partial charge in [-0.1, -0.05) is 25.6 Å². The molecule has 2 aromatic heterocycles. The Labute approximate surface area is 156 Å². The molecule has 1 fully saturated rings. The summed E-state index contributed by atoms with van der Waals surface area (Å²) in [5.74, 6) is 2.23. The molecule has 3 rings (SSSR count). The molecular formula is C17H23N5O3S. The number of hydrogen-bond acceptors (Lipinski definition) is 6. The van der Waals surface area contributed by atoms with E-state index in [1.165, 1.54) is 11.8 Å². The van der Waals surface area contributed by atoms with Crippen molar-refractivity contribution in [3.05, 3.63) is 30.0 Å². The zero-order chi connectivity index (χ0) is 18.5. The molecule has 0 aromatic carbocycles. The van der Waals surface area contributed by atoms with E-state index in [2.05, 4.69) is 20.8 Å². The van der Waals surface area contributed by atoms with Crippen LogP contribution < -0.4 is 10.6 Å². The minimum atomic E-state index is -0.472. The van der Waals surface area contributed by atoms with Crippen LogP contribution in [0.5, 0.6) is 0 Å². The normalized spacial score (nSPS) is 13.8. The summed E-state index contributed by atoms with van der Waals surface area (Å²) in [6.07, 6.45) is 3.85. The topological polar surface area (TPSA) is 102 Å². The van der Waals surface area contributed by atoms with Gasteiger partial charge in [-0.25, -0.2) is 4.79 Å². The van der Waals surface area contributed by atoms with Crippen molar-refractivity contribution in [2.24, 2.45) is 5.92 Å². The lowest BCUT2D eigenvalue weighted by Crippen LogP contribution is -2.41. The number of hydrogen-bond donors (Lipinski definition) is 2. The fourth-order valence-corrected chi connectivity index (χ4v) is 3.14. The molecule has 26 heavy (non-hydrogen) atoms. The van der Waals surface area contributed by atoms with Gasteiger partial charge in [0.05, 0.1) is 18.6 Å². The van der Waals surface area contributed by atoms with Crippen LogP contribution in [0, 0.1) is 5.92 Å². The molecular weight excluding hydrogens is 354 g/mol. The molecule has 0 unspecified atom stereocenters. The Morgan fingerprint density at radius 2 is 2.19 bits per heavy atom. The van der Waals surface area contributed by atoms with Gasteiger partial charge in [-0.2, -0.15) is 0 Å². The van der Waals surface area contributed by atoms with E-state index in [1.54, 1.807) is 6.26 Å². The van der Waals surface area contributed by atoms with Crippen molar-refractivity contribution in [1.82, 2.24) is 25.4 Å². The van der Waals surface area contributed by atoms with Crippen molar-refractivity contribution >= 4 is 23.7 Å². The molecule has 0 spiro atoms. The average molecular weight is 377 g/mol.